The van der Waals surface area contributed by atoms with Crippen molar-refractivity contribution in [3.8, 4) is 22.6 Å². The predicted octanol–water partition coefficient (Wildman–Crippen LogP) is 6.50. The lowest BCUT2D eigenvalue weighted by Gasteiger charge is -2.26. The summed E-state index contributed by atoms with van der Waals surface area (Å²) in [7, 11) is 7.61. The Balaban J connectivity index is 1.31. The first-order chi connectivity index (χ1) is 41.4. The molecule has 0 fully saturated rings. The SMILES string of the molecule is CC(=O)OCOC(=O)CN(CC(=O)OCOC(C)=O)c1ccccc1OCCOc1cc(NC(=S)Nc2ccc(-c3c4ccc(N(C)C)cc4[o+]c4cc(N(C)C)ccc34)c(C(=O)O)c2)ccc1N(CC(=O)OCOC(C)=O)CC(=O)OCOC(C)=O. The number of nitrogens with zero attached hydrogens (tertiary/aromatic N) is 4. The zero-order chi connectivity index (χ0) is 63.3. The number of esters is 8. The summed E-state index contributed by atoms with van der Waals surface area (Å²) in [6.45, 7) is -1.56. The van der Waals surface area contributed by atoms with Gasteiger partial charge in [0, 0.05) is 90.3 Å². The third kappa shape index (κ3) is 19.8. The fraction of sp³-hybridized carbons (Fsp3) is 0.305. The van der Waals surface area contributed by atoms with Gasteiger partial charge in [-0.2, -0.15) is 0 Å². The molecule has 0 aliphatic heterocycles. The molecule has 0 saturated carbocycles. The number of carbonyl (C=O) groups is 9. The van der Waals surface area contributed by atoms with Crippen LogP contribution in [0.5, 0.6) is 11.5 Å². The molecule has 27 nitrogen and oxygen atoms in total. The van der Waals surface area contributed by atoms with Gasteiger partial charge in [-0.1, -0.05) is 18.2 Å². The third-order valence-corrected chi connectivity index (χ3v) is 12.3. The van der Waals surface area contributed by atoms with E-state index in [2.05, 4.69) is 10.6 Å². The number of para-hydroxylation sites is 2. The summed E-state index contributed by atoms with van der Waals surface area (Å²) < 4.78 is 58.0. The van der Waals surface area contributed by atoms with E-state index in [4.69, 9.17) is 64.0 Å². The lowest BCUT2D eigenvalue weighted by molar-refractivity contribution is -0.167. The van der Waals surface area contributed by atoms with Crippen molar-refractivity contribution in [1.82, 2.24) is 0 Å². The first-order valence-corrected chi connectivity index (χ1v) is 26.7. The van der Waals surface area contributed by atoms with E-state index in [0.29, 0.717) is 38.8 Å². The van der Waals surface area contributed by atoms with Crippen molar-refractivity contribution in [3.05, 3.63) is 103 Å². The molecule has 1 aromatic heterocycles. The number of carboxylic acids is 1. The molecule has 28 heteroatoms. The fourth-order valence-corrected chi connectivity index (χ4v) is 8.34. The van der Waals surface area contributed by atoms with Crippen molar-refractivity contribution in [3.63, 3.8) is 0 Å². The molecule has 460 valence electrons. The number of carboxylic acid groups (broad SMARTS) is 1. The Labute approximate surface area is 503 Å². The summed E-state index contributed by atoms with van der Waals surface area (Å²) in [6, 6.07) is 26.8. The standard InChI is InChI=1S/C59H62N6O21S/c1-35(66)78-31-82-53(70)27-64(28-54(71)83-32-79-36(2)67)47-11-9-10-12-49(47)76-21-22-77-52-24-40(14-20-48(52)65(29-55(72)84-33-80-37(3)68)30-56(73)85-34-81-38(4)69)61-59(87)60-39-13-17-43(46(23-39)58(74)75)57-44-18-15-41(62(5)6)25-50(44)86-51-26-42(63(7)8)16-19-45(51)57/h9-20,23-26H,21-22,27-34H2,1-8H3,(H2-,60,61,74,75,87)/p+1. The van der Waals surface area contributed by atoms with Crippen LogP contribution in [0.3, 0.4) is 0 Å². The molecule has 6 rings (SSSR count). The number of aromatic carboxylic acids is 1. The van der Waals surface area contributed by atoms with Crippen molar-refractivity contribution in [2.75, 3.05) is 125 Å². The van der Waals surface area contributed by atoms with Gasteiger partial charge in [-0.25, -0.2) is 9.21 Å². The second-order valence-electron chi connectivity index (χ2n) is 18.9. The van der Waals surface area contributed by atoms with Gasteiger partial charge in [0.15, 0.2) is 5.11 Å². The van der Waals surface area contributed by atoms with Gasteiger partial charge in [0.1, 0.15) is 50.9 Å². The monoisotopic (exact) mass is 1220 g/mol. The Bertz CT molecular complexity index is 3430. The maximum atomic E-state index is 13.2. The lowest BCUT2D eigenvalue weighted by atomic mass is 9.92. The van der Waals surface area contributed by atoms with E-state index in [9.17, 15) is 48.3 Å². The van der Waals surface area contributed by atoms with Crippen LogP contribution >= 0.6 is 12.2 Å². The first kappa shape index (κ1) is 65.6. The summed E-state index contributed by atoms with van der Waals surface area (Å²) in [4.78, 5) is 117. The predicted molar refractivity (Wildman–Crippen MR) is 318 cm³/mol. The minimum atomic E-state index is -1.22. The Kier molecular flexibility index (Phi) is 23.7. The summed E-state index contributed by atoms with van der Waals surface area (Å²) in [5, 5.41) is 18.2. The van der Waals surface area contributed by atoms with E-state index < -0.39 is 107 Å². The molecular weight excluding hydrogens is 1160 g/mol. The number of fused-ring (bicyclic) bond motifs is 2. The van der Waals surface area contributed by atoms with Crippen LogP contribution in [0.25, 0.3) is 33.1 Å². The maximum Gasteiger partial charge on any atom is 0.363 e. The molecule has 0 radical (unpaired) electrons. The number of ether oxygens (including phenoxy) is 10. The van der Waals surface area contributed by atoms with Crippen molar-refractivity contribution in [2.24, 2.45) is 0 Å². The number of hydrogen-bond donors (Lipinski definition) is 3. The Morgan fingerprint density at radius 3 is 1.31 bits per heavy atom. The van der Waals surface area contributed by atoms with Crippen LogP contribution in [0.1, 0.15) is 38.1 Å². The smallest absolute Gasteiger partial charge is 0.363 e. The highest BCUT2D eigenvalue weighted by Gasteiger charge is 2.27. The van der Waals surface area contributed by atoms with Crippen LogP contribution in [0.4, 0.5) is 34.1 Å². The third-order valence-electron chi connectivity index (χ3n) is 12.1. The number of rotatable bonds is 29. The highest BCUT2D eigenvalue weighted by Crippen LogP contribution is 2.41. The van der Waals surface area contributed by atoms with E-state index in [0.717, 1.165) is 39.1 Å². The normalized spacial score (nSPS) is 10.6. The molecule has 0 bridgehead atoms. The van der Waals surface area contributed by atoms with Crippen molar-refractivity contribution >= 4 is 127 Å². The quantitative estimate of drug-likeness (QED) is 0.00858. The molecule has 87 heavy (non-hydrogen) atoms. The van der Waals surface area contributed by atoms with Crippen LogP contribution in [-0.2, 0) is 76.3 Å². The Hall–Kier alpha value is -10.5. The summed E-state index contributed by atoms with van der Waals surface area (Å²) in [5.41, 5.74) is 4.59. The zero-order valence-electron chi connectivity index (χ0n) is 48.6. The zero-order valence-corrected chi connectivity index (χ0v) is 49.4. The number of anilines is 6. The van der Waals surface area contributed by atoms with Gasteiger partial charge < -0.3 is 82.7 Å². The molecule has 1 heterocycles. The highest BCUT2D eigenvalue weighted by atomic mass is 32.1. The van der Waals surface area contributed by atoms with Gasteiger partial charge in [0.25, 0.3) is 0 Å². The Morgan fingerprint density at radius 1 is 0.483 bits per heavy atom. The maximum absolute atomic E-state index is 13.2. The van der Waals surface area contributed by atoms with E-state index in [1.54, 1.807) is 24.3 Å². The van der Waals surface area contributed by atoms with Crippen molar-refractivity contribution in [1.29, 1.82) is 0 Å². The minimum Gasteiger partial charge on any atom is -0.488 e. The van der Waals surface area contributed by atoms with E-state index in [1.807, 2.05) is 74.4 Å². The van der Waals surface area contributed by atoms with Crippen LogP contribution in [0.15, 0.2) is 101 Å². The second-order valence-corrected chi connectivity index (χ2v) is 19.3. The molecule has 0 amide bonds. The Morgan fingerprint density at radius 2 is 0.885 bits per heavy atom. The van der Waals surface area contributed by atoms with Crippen LogP contribution < -0.4 is 39.7 Å². The molecule has 0 aliphatic carbocycles. The topological polar surface area (TPSA) is 314 Å². The molecular formula is C59H63N6O21S+. The van der Waals surface area contributed by atoms with Crippen LogP contribution in [0.2, 0.25) is 0 Å². The van der Waals surface area contributed by atoms with E-state index in [-0.39, 0.29) is 52.5 Å². The fourth-order valence-electron chi connectivity index (χ4n) is 8.11. The largest absolute Gasteiger partial charge is 0.488 e. The minimum absolute atomic E-state index is 0.0186. The molecule has 0 saturated heterocycles. The number of benzene rings is 5. The van der Waals surface area contributed by atoms with Crippen LogP contribution in [0, 0.1) is 0 Å². The van der Waals surface area contributed by atoms with Gasteiger partial charge >= 0.3 is 64.9 Å². The summed E-state index contributed by atoms with van der Waals surface area (Å²) in [5.74, 6) is -7.81. The average Bonchev–Trinajstić information content (AvgIpc) is 0.925. The van der Waals surface area contributed by atoms with Gasteiger partial charge in [-0.15, -0.1) is 0 Å². The number of carbonyl (C=O) groups excluding carboxylic acids is 8. The van der Waals surface area contributed by atoms with E-state index >= 15 is 0 Å². The van der Waals surface area contributed by atoms with Crippen molar-refractivity contribution in [2.45, 2.75) is 27.7 Å². The molecule has 0 aliphatic rings. The average molecular weight is 1220 g/mol. The van der Waals surface area contributed by atoms with Crippen LogP contribution in [-0.4, -0.2) is 159 Å². The molecule has 0 unspecified atom stereocenters. The second kappa shape index (κ2) is 31.4. The van der Waals surface area contributed by atoms with Gasteiger partial charge in [-0.3, -0.25) is 38.4 Å². The van der Waals surface area contributed by atoms with Gasteiger partial charge in [-0.05, 0) is 78.4 Å². The summed E-state index contributed by atoms with van der Waals surface area (Å²) >= 11 is 5.76. The highest BCUT2D eigenvalue weighted by molar-refractivity contribution is 7.80. The molecule has 3 N–H and O–H groups in total. The summed E-state index contributed by atoms with van der Waals surface area (Å²) in [6.07, 6.45) is 0. The van der Waals surface area contributed by atoms with Crippen molar-refractivity contribution < 1.29 is 100 Å². The number of thiocarbonyl (C=S) groups is 1. The first-order valence-electron chi connectivity index (χ1n) is 26.2. The number of hydrogen-bond acceptors (Lipinski definition) is 24. The van der Waals surface area contributed by atoms with Gasteiger partial charge in [0.05, 0.1) is 39.8 Å². The molecule has 0 atom stereocenters. The molecule has 5 aromatic carbocycles. The van der Waals surface area contributed by atoms with E-state index in [1.165, 1.54) is 46.2 Å². The molecule has 0 spiro atoms. The number of nitrogens with one attached hydrogen (secondary N) is 2. The van der Waals surface area contributed by atoms with Gasteiger partial charge in [0.2, 0.25) is 27.2 Å². The molecule has 6 aromatic rings. The lowest BCUT2D eigenvalue weighted by Crippen LogP contribution is -2.37.